The van der Waals surface area contributed by atoms with Crippen LogP contribution in [-0.4, -0.2) is 51.1 Å². The summed E-state index contributed by atoms with van der Waals surface area (Å²) in [5.41, 5.74) is 1.85. The molecule has 2 aliphatic rings. The summed E-state index contributed by atoms with van der Waals surface area (Å²) < 4.78 is 5.59. The topological polar surface area (TPSA) is 74.3 Å². The number of H-pyrrole nitrogens is 1. The highest BCUT2D eigenvalue weighted by Gasteiger charge is 2.44. The highest BCUT2D eigenvalue weighted by atomic mass is 16.6. The molecule has 3 aromatic rings. The zero-order valence-electron chi connectivity index (χ0n) is 14.9. The molecule has 2 aliphatic heterocycles. The van der Waals surface area contributed by atoms with Crippen molar-refractivity contribution in [1.29, 1.82) is 0 Å². The molecule has 138 valence electrons. The number of rotatable bonds is 3. The van der Waals surface area contributed by atoms with Crippen molar-refractivity contribution >= 4 is 22.9 Å². The fraction of sp³-hybridized carbons (Fsp3) is 0.350. The Balaban J connectivity index is 1.30. The summed E-state index contributed by atoms with van der Waals surface area (Å²) in [6.45, 7) is 1.86. The lowest BCUT2D eigenvalue weighted by Gasteiger charge is -2.40. The van der Waals surface area contributed by atoms with Gasteiger partial charge in [-0.1, -0.05) is 30.3 Å². The Morgan fingerprint density at radius 2 is 1.89 bits per heavy atom. The van der Waals surface area contributed by atoms with Gasteiger partial charge in [-0.2, -0.15) is 0 Å². The normalized spacial score (nSPS) is 21.6. The molecule has 5 rings (SSSR count). The molecule has 2 aromatic heterocycles. The van der Waals surface area contributed by atoms with E-state index in [9.17, 15) is 4.79 Å². The number of carbonyl (C=O) groups excluding carboxylic acids is 1. The average Bonchev–Trinajstić information content (AvgIpc) is 3.29. The van der Waals surface area contributed by atoms with Crippen LogP contribution in [-0.2, 0) is 11.3 Å². The van der Waals surface area contributed by atoms with E-state index in [1.807, 2.05) is 47.5 Å². The van der Waals surface area contributed by atoms with Gasteiger partial charge in [0.05, 0.1) is 17.5 Å². The highest BCUT2D eigenvalue weighted by Crippen LogP contribution is 2.34. The molecule has 0 spiro atoms. The van der Waals surface area contributed by atoms with Crippen LogP contribution >= 0.6 is 0 Å². The van der Waals surface area contributed by atoms with Gasteiger partial charge in [0, 0.05) is 19.3 Å². The summed E-state index contributed by atoms with van der Waals surface area (Å²) in [6.07, 6.45) is 5.28. The number of hydrogen-bond acceptors (Lipinski definition) is 5. The summed E-state index contributed by atoms with van der Waals surface area (Å²) in [5.74, 6) is 0.940. The van der Waals surface area contributed by atoms with Crippen LogP contribution in [0.2, 0.25) is 0 Å². The third-order valence-corrected chi connectivity index (χ3v) is 5.53. The summed E-state index contributed by atoms with van der Waals surface area (Å²) >= 11 is 0. The van der Waals surface area contributed by atoms with Gasteiger partial charge in [0.25, 0.3) is 0 Å². The quantitative estimate of drug-likeness (QED) is 0.774. The van der Waals surface area contributed by atoms with Crippen LogP contribution in [0.25, 0.3) is 11.0 Å². The Morgan fingerprint density at radius 1 is 1.11 bits per heavy atom. The van der Waals surface area contributed by atoms with E-state index < -0.39 is 0 Å². The van der Waals surface area contributed by atoms with Gasteiger partial charge in [0.1, 0.15) is 24.4 Å². The average molecular weight is 363 g/mol. The second-order valence-electron chi connectivity index (χ2n) is 7.17. The Kier molecular flexibility index (Phi) is 3.92. The first-order valence-corrected chi connectivity index (χ1v) is 9.31. The van der Waals surface area contributed by atoms with Crippen LogP contribution in [0.5, 0.6) is 0 Å². The first kappa shape index (κ1) is 16.1. The number of ether oxygens (including phenoxy) is 1. The lowest BCUT2D eigenvalue weighted by atomic mass is 10.2. The fourth-order valence-electron chi connectivity index (χ4n) is 4.28. The summed E-state index contributed by atoms with van der Waals surface area (Å²) in [7, 11) is 0. The number of piperazine rings is 1. The van der Waals surface area contributed by atoms with Crippen molar-refractivity contribution in [1.82, 2.24) is 19.9 Å². The van der Waals surface area contributed by atoms with Crippen molar-refractivity contribution in [2.75, 3.05) is 18.0 Å². The molecular weight excluding hydrogens is 342 g/mol. The van der Waals surface area contributed by atoms with E-state index in [0.29, 0.717) is 6.61 Å². The van der Waals surface area contributed by atoms with E-state index in [-0.39, 0.29) is 18.2 Å². The molecule has 1 aromatic carbocycles. The molecule has 7 heteroatoms. The van der Waals surface area contributed by atoms with Crippen molar-refractivity contribution in [2.24, 2.45) is 0 Å². The van der Waals surface area contributed by atoms with Crippen LogP contribution in [0.1, 0.15) is 18.4 Å². The van der Waals surface area contributed by atoms with Crippen molar-refractivity contribution in [3.8, 4) is 0 Å². The van der Waals surface area contributed by atoms with Gasteiger partial charge in [-0.3, -0.25) is 4.90 Å². The van der Waals surface area contributed by atoms with Gasteiger partial charge in [-0.25, -0.2) is 14.8 Å². The number of nitrogens with zero attached hydrogens (tertiary/aromatic N) is 4. The maximum Gasteiger partial charge on any atom is 0.410 e. The van der Waals surface area contributed by atoms with Gasteiger partial charge in [-0.15, -0.1) is 0 Å². The van der Waals surface area contributed by atoms with Crippen molar-refractivity contribution in [2.45, 2.75) is 31.5 Å². The first-order chi connectivity index (χ1) is 13.3. The summed E-state index contributed by atoms with van der Waals surface area (Å²) in [6, 6.07) is 12.1. The molecule has 2 saturated heterocycles. The molecule has 1 N–H and O–H groups in total. The molecule has 27 heavy (non-hydrogen) atoms. The van der Waals surface area contributed by atoms with Crippen LogP contribution < -0.4 is 4.90 Å². The number of carbonyl (C=O) groups is 1. The number of nitrogens with one attached hydrogen (secondary N) is 1. The number of aromatic amines is 1. The predicted octanol–water partition coefficient (Wildman–Crippen LogP) is 2.95. The van der Waals surface area contributed by atoms with Crippen LogP contribution in [0, 0.1) is 0 Å². The van der Waals surface area contributed by atoms with Gasteiger partial charge in [-0.05, 0) is 24.5 Å². The standard InChI is InChI=1S/C20H21N5O2/c26-20(27-12-14-4-2-1-3-5-14)25-15-6-7-16(25)11-24(10-15)19-17-8-9-21-18(17)22-13-23-19/h1-5,8-9,13,15-16H,6-7,10-12H2,(H,21,22,23). The van der Waals surface area contributed by atoms with Gasteiger partial charge < -0.3 is 14.6 Å². The minimum absolute atomic E-state index is 0.163. The fourth-order valence-corrected chi connectivity index (χ4v) is 4.28. The maximum atomic E-state index is 12.7. The molecule has 2 fully saturated rings. The molecule has 4 heterocycles. The molecule has 2 atom stereocenters. The number of benzene rings is 1. The number of amides is 1. The van der Waals surface area contributed by atoms with E-state index in [4.69, 9.17) is 4.74 Å². The van der Waals surface area contributed by atoms with Crippen LogP contribution in [0.3, 0.4) is 0 Å². The monoisotopic (exact) mass is 363 g/mol. The lowest BCUT2D eigenvalue weighted by molar-refractivity contribution is 0.0733. The lowest BCUT2D eigenvalue weighted by Crippen LogP contribution is -2.56. The van der Waals surface area contributed by atoms with Gasteiger partial charge in [0.15, 0.2) is 0 Å². The van der Waals surface area contributed by atoms with Crippen LogP contribution in [0.15, 0.2) is 48.9 Å². The maximum absolute atomic E-state index is 12.7. The Labute approximate surface area is 157 Å². The van der Waals surface area contributed by atoms with Gasteiger partial charge in [0.2, 0.25) is 0 Å². The SMILES string of the molecule is O=C(OCc1ccccc1)N1C2CCC1CN(c1ncnc3[nH]ccc13)C2. The minimum Gasteiger partial charge on any atom is -0.445 e. The molecule has 2 unspecified atom stereocenters. The zero-order valence-corrected chi connectivity index (χ0v) is 14.9. The van der Waals surface area contributed by atoms with E-state index in [0.717, 1.165) is 48.3 Å². The van der Waals surface area contributed by atoms with E-state index in [1.54, 1.807) is 6.33 Å². The Bertz CT molecular complexity index is 943. The second kappa shape index (κ2) is 6.57. The second-order valence-corrected chi connectivity index (χ2v) is 7.17. The van der Waals surface area contributed by atoms with Crippen molar-refractivity contribution in [3.05, 3.63) is 54.5 Å². The molecule has 1 amide bonds. The van der Waals surface area contributed by atoms with Gasteiger partial charge >= 0.3 is 6.09 Å². The predicted molar refractivity (Wildman–Crippen MR) is 101 cm³/mol. The van der Waals surface area contributed by atoms with Crippen molar-refractivity contribution < 1.29 is 9.53 Å². The number of aromatic nitrogens is 3. The number of fused-ring (bicyclic) bond motifs is 3. The third-order valence-electron chi connectivity index (χ3n) is 5.53. The first-order valence-electron chi connectivity index (χ1n) is 9.31. The molecule has 0 radical (unpaired) electrons. The number of anilines is 1. The van der Waals surface area contributed by atoms with E-state index >= 15 is 0 Å². The van der Waals surface area contributed by atoms with E-state index in [1.165, 1.54) is 0 Å². The zero-order chi connectivity index (χ0) is 18.2. The Morgan fingerprint density at radius 3 is 2.67 bits per heavy atom. The van der Waals surface area contributed by atoms with E-state index in [2.05, 4.69) is 19.9 Å². The molecule has 2 bridgehead atoms. The molecule has 0 saturated carbocycles. The summed E-state index contributed by atoms with van der Waals surface area (Å²) in [5, 5.41) is 1.03. The highest BCUT2D eigenvalue weighted by molar-refractivity contribution is 5.87. The summed E-state index contributed by atoms with van der Waals surface area (Å²) in [4.78, 5) is 28.8. The van der Waals surface area contributed by atoms with Crippen molar-refractivity contribution in [3.63, 3.8) is 0 Å². The largest absolute Gasteiger partial charge is 0.445 e. The number of hydrogen-bond donors (Lipinski definition) is 1. The Hall–Kier alpha value is -3.09. The molecular formula is C20H21N5O2. The molecule has 0 aliphatic carbocycles. The van der Waals surface area contributed by atoms with Crippen LogP contribution in [0.4, 0.5) is 10.6 Å². The minimum atomic E-state index is -0.208. The third kappa shape index (κ3) is 2.89. The smallest absolute Gasteiger partial charge is 0.410 e. The molecule has 7 nitrogen and oxygen atoms in total.